The lowest BCUT2D eigenvalue weighted by Crippen LogP contribution is -2.26. The monoisotopic (exact) mass is 340 g/mol. The Morgan fingerprint density at radius 1 is 0.792 bits per heavy atom. The van der Waals surface area contributed by atoms with E-state index >= 15 is 0 Å². The van der Waals surface area contributed by atoms with E-state index in [4.69, 9.17) is 11.6 Å². The summed E-state index contributed by atoms with van der Waals surface area (Å²) in [6, 6.07) is 15.9. The number of carbonyl (C=O) groups excluding carboxylic acids is 1. The summed E-state index contributed by atoms with van der Waals surface area (Å²) in [4.78, 5) is 16.7. The van der Waals surface area contributed by atoms with Crippen LogP contribution in [0, 0.1) is 0 Å². The maximum absolute atomic E-state index is 12.6. The van der Waals surface area contributed by atoms with Gasteiger partial charge in [-0.15, -0.1) is 0 Å². The molecule has 0 aromatic heterocycles. The number of benzene rings is 2. The summed E-state index contributed by atoms with van der Waals surface area (Å²) < 4.78 is 0. The molecular formula is C20H21ClN2O. The van der Waals surface area contributed by atoms with E-state index in [0.717, 1.165) is 22.5 Å². The van der Waals surface area contributed by atoms with Crippen LogP contribution in [-0.2, 0) is 4.79 Å². The van der Waals surface area contributed by atoms with E-state index < -0.39 is 0 Å². The van der Waals surface area contributed by atoms with Gasteiger partial charge < -0.3 is 9.80 Å². The highest BCUT2D eigenvalue weighted by atomic mass is 35.5. The average Bonchev–Trinajstić information content (AvgIpc) is 2.56. The van der Waals surface area contributed by atoms with E-state index in [9.17, 15) is 4.79 Å². The second-order valence-corrected chi connectivity index (χ2v) is 6.85. The number of hydrogen-bond acceptors (Lipinski definition) is 3. The molecule has 1 unspecified atom stereocenters. The van der Waals surface area contributed by atoms with E-state index in [-0.39, 0.29) is 11.7 Å². The summed E-state index contributed by atoms with van der Waals surface area (Å²) in [5, 5.41) is 0.634. The number of allylic oxidation sites excluding steroid dienone is 2. The lowest BCUT2D eigenvalue weighted by molar-refractivity contribution is -0.115. The molecule has 1 aliphatic carbocycles. The molecule has 2 aromatic carbocycles. The van der Waals surface area contributed by atoms with E-state index in [0.29, 0.717) is 10.6 Å². The first-order chi connectivity index (χ1) is 11.4. The maximum atomic E-state index is 12.6. The predicted octanol–water partition coefficient (Wildman–Crippen LogP) is 4.14. The van der Waals surface area contributed by atoms with Gasteiger partial charge in [0.05, 0.1) is 5.92 Å². The number of rotatable bonds is 4. The third-order valence-corrected chi connectivity index (χ3v) is 4.82. The van der Waals surface area contributed by atoms with Crippen LogP contribution in [0.3, 0.4) is 0 Å². The predicted molar refractivity (Wildman–Crippen MR) is 102 cm³/mol. The smallest absolute Gasteiger partial charge is 0.177 e. The van der Waals surface area contributed by atoms with Gasteiger partial charge in [0.25, 0.3) is 0 Å². The van der Waals surface area contributed by atoms with Crippen LogP contribution < -0.4 is 9.80 Å². The molecule has 0 fully saturated rings. The highest BCUT2D eigenvalue weighted by Gasteiger charge is 2.39. The first-order valence-corrected chi connectivity index (χ1v) is 8.27. The number of hydrogen-bond donors (Lipinski definition) is 0. The molecule has 2 aromatic rings. The van der Waals surface area contributed by atoms with Gasteiger partial charge in [-0.1, -0.05) is 35.9 Å². The molecule has 4 heteroatoms. The summed E-state index contributed by atoms with van der Waals surface area (Å²) in [5.41, 5.74) is 4.67. The Morgan fingerprint density at radius 3 is 1.67 bits per heavy atom. The average molecular weight is 341 g/mol. The van der Waals surface area contributed by atoms with Crippen LogP contribution in [0.2, 0.25) is 0 Å². The largest absolute Gasteiger partial charge is 0.378 e. The standard InChI is InChI=1S/C20H21ClN2O/c1-22(2)15-9-5-13(6-10-15)17-19(21)18(20(17)24)14-7-11-16(12-8-14)23(3)4/h5-12,17H,1-4H3. The third kappa shape index (κ3) is 2.80. The summed E-state index contributed by atoms with van der Waals surface area (Å²) in [7, 11) is 7.96. The molecule has 0 spiro atoms. The minimum atomic E-state index is -0.327. The summed E-state index contributed by atoms with van der Waals surface area (Å²) >= 11 is 6.49. The molecule has 0 amide bonds. The normalized spacial score (nSPS) is 16.9. The fourth-order valence-corrected chi connectivity index (χ4v) is 3.34. The summed E-state index contributed by atoms with van der Waals surface area (Å²) in [6.07, 6.45) is 0. The number of nitrogens with zero attached hydrogens (tertiary/aromatic N) is 2. The first-order valence-electron chi connectivity index (χ1n) is 7.89. The zero-order valence-corrected chi connectivity index (χ0v) is 15.1. The molecule has 0 saturated carbocycles. The van der Waals surface area contributed by atoms with Crippen LogP contribution in [0.1, 0.15) is 17.0 Å². The second kappa shape index (κ2) is 6.33. The minimum Gasteiger partial charge on any atom is -0.378 e. The van der Waals surface area contributed by atoms with Crippen molar-refractivity contribution in [1.29, 1.82) is 0 Å². The first kappa shape index (κ1) is 16.6. The molecule has 24 heavy (non-hydrogen) atoms. The number of halogens is 1. The number of Topliss-reactive ketones (excluding diaryl/α,β-unsaturated/α-hetero) is 1. The quantitative estimate of drug-likeness (QED) is 0.836. The van der Waals surface area contributed by atoms with Gasteiger partial charge in [-0.05, 0) is 35.4 Å². The van der Waals surface area contributed by atoms with E-state index in [1.54, 1.807) is 0 Å². The lowest BCUT2D eigenvalue weighted by atomic mass is 9.76. The molecule has 0 aliphatic heterocycles. The molecule has 0 heterocycles. The topological polar surface area (TPSA) is 23.6 Å². The molecule has 124 valence electrons. The molecule has 3 nitrogen and oxygen atoms in total. The minimum absolute atomic E-state index is 0.0928. The van der Waals surface area contributed by atoms with Crippen molar-refractivity contribution in [1.82, 2.24) is 0 Å². The maximum Gasteiger partial charge on any atom is 0.177 e. The Balaban J connectivity index is 1.88. The van der Waals surface area contributed by atoms with Crippen molar-refractivity contribution in [3.8, 4) is 0 Å². The van der Waals surface area contributed by atoms with Gasteiger partial charge in [0.15, 0.2) is 5.78 Å². The van der Waals surface area contributed by atoms with Crippen molar-refractivity contribution in [2.75, 3.05) is 38.0 Å². The molecule has 1 aliphatic rings. The number of ketones is 1. The SMILES string of the molecule is CN(C)c1ccc(C2=C(Cl)C(c3ccc(N(C)C)cc3)C2=O)cc1. The highest BCUT2D eigenvalue weighted by molar-refractivity contribution is 6.49. The van der Waals surface area contributed by atoms with Gasteiger partial charge in [0.2, 0.25) is 0 Å². The van der Waals surface area contributed by atoms with Crippen molar-refractivity contribution < 1.29 is 4.79 Å². The van der Waals surface area contributed by atoms with Crippen molar-refractivity contribution in [3.63, 3.8) is 0 Å². The van der Waals surface area contributed by atoms with Crippen LogP contribution in [-0.4, -0.2) is 34.0 Å². The third-order valence-electron chi connectivity index (χ3n) is 4.42. The van der Waals surface area contributed by atoms with Crippen molar-refractivity contribution in [2.24, 2.45) is 0 Å². The van der Waals surface area contributed by atoms with Gasteiger partial charge in [-0.2, -0.15) is 0 Å². The Kier molecular flexibility index (Phi) is 4.37. The summed E-state index contributed by atoms with van der Waals surface area (Å²) in [5.74, 6) is -0.235. The van der Waals surface area contributed by atoms with Crippen LogP contribution in [0.25, 0.3) is 5.57 Å². The van der Waals surface area contributed by atoms with Crippen molar-refractivity contribution in [3.05, 3.63) is 64.7 Å². The van der Waals surface area contributed by atoms with Crippen LogP contribution in [0.15, 0.2) is 53.6 Å². The molecule has 3 rings (SSSR count). The molecule has 0 N–H and O–H groups in total. The van der Waals surface area contributed by atoms with Crippen molar-refractivity contribution >= 4 is 34.3 Å². The lowest BCUT2D eigenvalue weighted by Gasteiger charge is -2.29. The van der Waals surface area contributed by atoms with E-state index in [1.807, 2.05) is 86.5 Å². The zero-order chi connectivity index (χ0) is 17.4. The fraction of sp³-hybridized carbons (Fsp3) is 0.250. The van der Waals surface area contributed by atoms with Crippen LogP contribution >= 0.6 is 11.6 Å². The second-order valence-electron chi connectivity index (χ2n) is 6.45. The Labute approximate surface area is 148 Å². The fourth-order valence-electron chi connectivity index (χ4n) is 2.91. The Hall–Kier alpha value is -2.26. The highest BCUT2D eigenvalue weighted by Crippen LogP contribution is 2.46. The number of anilines is 2. The summed E-state index contributed by atoms with van der Waals surface area (Å²) in [6.45, 7) is 0. The van der Waals surface area contributed by atoms with Gasteiger partial charge >= 0.3 is 0 Å². The van der Waals surface area contributed by atoms with Gasteiger partial charge in [-0.3, -0.25) is 4.79 Å². The Morgan fingerprint density at radius 2 is 1.25 bits per heavy atom. The van der Waals surface area contributed by atoms with Crippen LogP contribution in [0.5, 0.6) is 0 Å². The zero-order valence-electron chi connectivity index (χ0n) is 14.4. The Bertz CT molecular complexity index is 789. The molecule has 0 saturated heterocycles. The molecule has 0 radical (unpaired) electrons. The van der Waals surface area contributed by atoms with Gasteiger partial charge in [-0.25, -0.2) is 0 Å². The molecule has 1 atom stereocenters. The van der Waals surface area contributed by atoms with Gasteiger partial charge in [0.1, 0.15) is 0 Å². The van der Waals surface area contributed by atoms with E-state index in [2.05, 4.69) is 0 Å². The van der Waals surface area contributed by atoms with Crippen LogP contribution in [0.4, 0.5) is 11.4 Å². The molecular weight excluding hydrogens is 320 g/mol. The van der Waals surface area contributed by atoms with E-state index in [1.165, 1.54) is 0 Å². The van der Waals surface area contributed by atoms with Crippen molar-refractivity contribution in [2.45, 2.75) is 5.92 Å². The number of carbonyl (C=O) groups is 1. The van der Waals surface area contributed by atoms with Gasteiger partial charge in [0, 0.05) is 50.2 Å². The molecule has 0 bridgehead atoms.